The van der Waals surface area contributed by atoms with Crippen LogP contribution in [0.25, 0.3) is 0 Å². The van der Waals surface area contributed by atoms with Crippen LogP contribution in [0.3, 0.4) is 0 Å². The molecule has 1 N–H and O–H groups in total. The van der Waals surface area contributed by atoms with Crippen LogP contribution in [0.15, 0.2) is 18.3 Å². The molecular weight excluding hydrogens is 274 g/mol. The smallest absolute Gasteiger partial charge is 0.127 e. The largest absolute Gasteiger partial charge is 0.393 e. The molecule has 22 heavy (non-hydrogen) atoms. The van der Waals surface area contributed by atoms with Crippen LogP contribution in [-0.2, 0) is 6.54 Å². The zero-order valence-corrected chi connectivity index (χ0v) is 14.5. The van der Waals surface area contributed by atoms with Crippen molar-refractivity contribution < 1.29 is 5.11 Å². The molecule has 0 aromatic carbocycles. The Bertz CT molecular complexity index is 436. The SMILES string of the molecule is CC(C)C[C@@H](O)C1CCN(Cc2ccc(N(C)C)nc2)CC1. The van der Waals surface area contributed by atoms with E-state index in [1.54, 1.807) is 0 Å². The second-order valence-corrected chi connectivity index (χ2v) is 7.23. The lowest BCUT2D eigenvalue weighted by Crippen LogP contribution is -2.37. The molecule has 1 aliphatic heterocycles. The fraction of sp³-hybridized carbons (Fsp3) is 0.722. The van der Waals surface area contributed by atoms with Gasteiger partial charge in [0.25, 0.3) is 0 Å². The van der Waals surface area contributed by atoms with E-state index in [1.807, 2.05) is 25.2 Å². The molecule has 1 fully saturated rings. The van der Waals surface area contributed by atoms with Gasteiger partial charge in [-0.2, -0.15) is 0 Å². The predicted octanol–water partition coefficient (Wildman–Crippen LogP) is 2.77. The lowest BCUT2D eigenvalue weighted by molar-refractivity contribution is 0.0436. The predicted molar refractivity (Wildman–Crippen MR) is 92.0 cm³/mol. The van der Waals surface area contributed by atoms with Gasteiger partial charge in [-0.1, -0.05) is 19.9 Å². The van der Waals surface area contributed by atoms with E-state index in [2.05, 4.69) is 35.9 Å². The lowest BCUT2D eigenvalue weighted by atomic mass is 9.87. The topological polar surface area (TPSA) is 39.6 Å². The number of rotatable bonds is 6. The number of pyridine rings is 1. The third kappa shape index (κ3) is 4.96. The minimum absolute atomic E-state index is 0.122. The number of anilines is 1. The zero-order valence-electron chi connectivity index (χ0n) is 14.5. The summed E-state index contributed by atoms with van der Waals surface area (Å²) >= 11 is 0. The molecule has 0 unspecified atom stereocenters. The van der Waals surface area contributed by atoms with Crippen molar-refractivity contribution in [3.63, 3.8) is 0 Å². The summed E-state index contributed by atoms with van der Waals surface area (Å²) in [6.07, 6.45) is 5.01. The summed E-state index contributed by atoms with van der Waals surface area (Å²) in [5.41, 5.74) is 1.27. The van der Waals surface area contributed by atoms with Crippen LogP contribution in [0.4, 0.5) is 5.82 Å². The Hall–Kier alpha value is -1.13. The molecule has 1 atom stereocenters. The maximum absolute atomic E-state index is 10.3. The maximum atomic E-state index is 10.3. The number of nitrogens with zero attached hydrogens (tertiary/aromatic N) is 3. The van der Waals surface area contributed by atoms with Crippen molar-refractivity contribution in [2.24, 2.45) is 11.8 Å². The van der Waals surface area contributed by atoms with Crippen LogP contribution in [0.5, 0.6) is 0 Å². The Morgan fingerprint density at radius 3 is 2.45 bits per heavy atom. The first-order valence-corrected chi connectivity index (χ1v) is 8.48. The molecule has 0 saturated carbocycles. The highest BCUT2D eigenvalue weighted by molar-refractivity contribution is 5.37. The summed E-state index contributed by atoms with van der Waals surface area (Å²) in [6.45, 7) is 7.49. The average molecular weight is 305 g/mol. The van der Waals surface area contributed by atoms with Crippen molar-refractivity contribution >= 4 is 5.82 Å². The summed E-state index contributed by atoms with van der Waals surface area (Å²) in [5, 5.41) is 10.3. The Morgan fingerprint density at radius 1 is 1.27 bits per heavy atom. The van der Waals surface area contributed by atoms with E-state index in [4.69, 9.17) is 0 Å². The Balaban J connectivity index is 1.79. The summed E-state index contributed by atoms with van der Waals surface area (Å²) < 4.78 is 0. The van der Waals surface area contributed by atoms with Crippen LogP contribution < -0.4 is 4.90 Å². The Labute approximate surface area is 135 Å². The van der Waals surface area contributed by atoms with Gasteiger partial charge in [-0.15, -0.1) is 0 Å². The molecular formula is C18H31N3O. The van der Waals surface area contributed by atoms with Crippen LogP contribution in [-0.4, -0.2) is 48.3 Å². The first kappa shape index (κ1) is 17.2. The molecule has 0 bridgehead atoms. The van der Waals surface area contributed by atoms with Gasteiger partial charge in [0.1, 0.15) is 5.82 Å². The summed E-state index contributed by atoms with van der Waals surface area (Å²) in [4.78, 5) is 8.98. The van der Waals surface area contributed by atoms with E-state index in [1.165, 1.54) is 5.56 Å². The molecule has 124 valence electrons. The molecule has 0 radical (unpaired) electrons. The standard InChI is InChI=1S/C18H31N3O/c1-14(2)11-17(22)16-7-9-21(10-8-16)13-15-5-6-18(19-12-15)20(3)4/h5-6,12,14,16-17,22H,7-11,13H2,1-4H3/t17-/m1/s1. The first-order valence-electron chi connectivity index (χ1n) is 8.48. The minimum Gasteiger partial charge on any atom is -0.393 e. The number of hydrogen-bond donors (Lipinski definition) is 1. The summed E-state index contributed by atoms with van der Waals surface area (Å²) in [6, 6.07) is 4.25. The van der Waals surface area contributed by atoms with Gasteiger partial charge in [-0.25, -0.2) is 4.98 Å². The highest BCUT2D eigenvalue weighted by Gasteiger charge is 2.25. The van der Waals surface area contributed by atoms with Gasteiger partial charge in [0.05, 0.1) is 6.10 Å². The monoisotopic (exact) mass is 305 g/mol. The van der Waals surface area contributed by atoms with Crippen LogP contribution in [0.1, 0.15) is 38.7 Å². The van der Waals surface area contributed by atoms with Crippen molar-refractivity contribution in [1.29, 1.82) is 0 Å². The molecule has 1 saturated heterocycles. The summed E-state index contributed by atoms with van der Waals surface area (Å²) in [7, 11) is 4.02. The van der Waals surface area contributed by atoms with Gasteiger partial charge < -0.3 is 10.0 Å². The molecule has 0 spiro atoms. The van der Waals surface area contributed by atoms with Crippen molar-refractivity contribution in [2.75, 3.05) is 32.1 Å². The van der Waals surface area contributed by atoms with E-state index in [9.17, 15) is 5.11 Å². The Morgan fingerprint density at radius 2 is 1.95 bits per heavy atom. The second kappa shape index (κ2) is 7.93. The van der Waals surface area contributed by atoms with Crippen molar-refractivity contribution in [2.45, 2.75) is 45.8 Å². The molecule has 0 aliphatic carbocycles. The third-order valence-electron chi connectivity index (χ3n) is 4.56. The fourth-order valence-corrected chi connectivity index (χ4v) is 3.20. The van der Waals surface area contributed by atoms with Crippen LogP contribution in [0, 0.1) is 11.8 Å². The van der Waals surface area contributed by atoms with E-state index < -0.39 is 0 Å². The quantitative estimate of drug-likeness (QED) is 0.877. The van der Waals surface area contributed by atoms with Gasteiger partial charge >= 0.3 is 0 Å². The molecule has 1 aliphatic rings. The van der Waals surface area contributed by atoms with E-state index in [-0.39, 0.29) is 6.10 Å². The number of piperidine rings is 1. The molecule has 2 rings (SSSR count). The fourth-order valence-electron chi connectivity index (χ4n) is 3.20. The molecule has 4 heteroatoms. The second-order valence-electron chi connectivity index (χ2n) is 7.23. The van der Waals surface area contributed by atoms with Gasteiger partial charge in [0.15, 0.2) is 0 Å². The number of likely N-dealkylation sites (tertiary alicyclic amines) is 1. The minimum atomic E-state index is -0.122. The van der Waals surface area contributed by atoms with Gasteiger partial charge in [0.2, 0.25) is 0 Å². The summed E-state index contributed by atoms with van der Waals surface area (Å²) in [5.74, 6) is 2.06. The van der Waals surface area contributed by atoms with E-state index in [0.717, 1.165) is 44.7 Å². The average Bonchev–Trinajstić information content (AvgIpc) is 2.48. The van der Waals surface area contributed by atoms with Crippen molar-refractivity contribution in [3.8, 4) is 0 Å². The lowest BCUT2D eigenvalue weighted by Gasteiger charge is -2.34. The van der Waals surface area contributed by atoms with Gasteiger partial charge in [-0.05, 0) is 55.8 Å². The van der Waals surface area contributed by atoms with E-state index >= 15 is 0 Å². The molecule has 1 aromatic heterocycles. The number of aromatic nitrogens is 1. The first-order chi connectivity index (χ1) is 10.5. The Kier molecular flexibility index (Phi) is 6.21. The van der Waals surface area contributed by atoms with Gasteiger partial charge in [0, 0.05) is 26.8 Å². The normalized spacial score (nSPS) is 18.6. The third-order valence-corrected chi connectivity index (χ3v) is 4.56. The molecule has 0 amide bonds. The highest BCUT2D eigenvalue weighted by Crippen LogP contribution is 2.25. The van der Waals surface area contributed by atoms with E-state index in [0.29, 0.717) is 11.8 Å². The number of hydrogen-bond acceptors (Lipinski definition) is 4. The van der Waals surface area contributed by atoms with Crippen LogP contribution >= 0.6 is 0 Å². The van der Waals surface area contributed by atoms with Crippen molar-refractivity contribution in [3.05, 3.63) is 23.9 Å². The number of aliphatic hydroxyl groups excluding tert-OH is 1. The van der Waals surface area contributed by atoms with Gasteiger partial charge in [-0.3, -0.25) is 4.90 Å². The highest BCUT2D eigenvalue weighted by atomic mass is 16.3. The zero-order chi connectivity index (χ0) is 16.1. The molecule has 4 nitrogen and oxygen atoms in total. The maximum Gasteiger partial charge on any atom is 0.127 e. The number of aliphatic hydroxyl groups is 1. The van der Waals surface area contributed by atoms with Crippen LogP contribution in [0.2, 0.25) is 0 Å². The molecule has 2 heterocycles. The van der Waals surface area contributed by atoms with Crippen molar-refractivity contribution in [1.82, 2.24) is 9.88 Å². The molecule has 1 aromatic rings.